The molecule has 0 saturated heterocycles. The molecule has 9 heteroatoms. The van der Waals surface area contributed by atoms with Crippen molar-refractivity contribution in [3.8, 4) is 0 Å². The monoisotopic (exact) mass is 343 g/mol. The highest BCUT2D eigenvalue weighted by Gasteiger charge is 2.49. The van der Waals surface area contributed by atoms with E-state index in [9.17, 15) is 26.4 Å². The molecule has 0 fully saturated rings. The van der Waals surface area contributed by atoms with Crippen molar-refractivity contribution in [2.45, 2.75) is 5.51 Å². The lowest BCUT2D eigenvalue weighted by Crippen LogP contribution is -2.44. The van der Waals surface area contributed by atoms with Crippen LogP contribution in [0.25, 0.3) is 28.1 Å². The molecule has 120 valence electrons. The summed E-state index contributed by atoms with van der Waals surface area (Å²) < 4.78 is 63.9. The Balaban J connectivity index is 2.41. The van der Waals surface area contributed by atoms with Gasteiger partial charge in [0.25, 0.3) is 5.56 Å². The highest BCUT2D eigenvalue weighted by Crippen LogP contribution is 2.24. The van der Waals surface area contributed by atoms with Crippen LogP contribution in [0.15, 0.2) is 41.2 Å². The molecular weight excluding hydrogens is 335 g/mol. The van der Waals surface area contributed by atoms with Gasteiger partial charge in [0.2, 0.25) is 0 Å². The maximum Gasteiger partial charge on any atom is 0.536 e. The molecule has 0 aliphatic rings. The molecule has 0 amide bonds. The summed E-state index contributed by atoms with van der Waals surface area (Å²) in [5, 5.41) is 1.21. The molecule has 5 nitrogen and oxygen atoms in total. The topological polar surface area (TPSA) is 65.4 Å². The zero-order valence-electron chi connectivity index (χ0n) is 11.3. The first-order valence-corrected chi connectivity index (χ1v) is 7.60. The molecule has 0 bridgehead atoms. The molecule has 0 spiro atoms. The van der Waals surface area contributed by atoms with E-state index in [0.717, 1.165) is 0 Å². The van der Waals surface area contributed by atoms with Crippen LogP contribution in [0.5, 0.6) is 0 Å². The van der Waals surface area contributed by atoms with Crippen LogP contribution in [0, 0.1) is 0 Å². The number of pyridine rings is 1. The van der Waals surface area contributed by atoms with Crippen LogP contribution in [-0.2, 0) is 10.1 Å². The average molecular weight is 343 g/mol. The maximum atomic E-state index is 12.5. The van der Waals surface area contributed by atoms with Crippen LogP contribution in [0.1, 0.15) is 0 Å². The second kappa shape index (κ2) is 4.72. The molecule has 0 N–H and O–H groups in total. The van der Waals surface area contributed by atoms with Gasteiger partial charge in [0.05, 0.1) is 10.7 Å². The summed E-state index contributed by atoms with van der Waals surface area (Å²) in [6, 6.07) is 9.45. The van der Waals surface area contributed by atoms with E-state index in [1.54, 1.807) is 18.2 Å². The Bertz CT molecular complexity index is 1070. The smallest absolute Gasteiger partial charge is 0.277 e. The summed E-state index contributed by atoms with van der Waals surface area (Å²) in [7, 11) is -5.99. The molecule has 1 aromatic heterocycles. The van der Waals surface area contributed by atoms with E-state index in [1.807, 2.05) is 0 Å². The van der Waals surface area contributed by atoms with Crippen molar-refractivity contribution in [1.82, 2.24) is 4.73 Å². The van der Waals surface area contributed by atoms with E-state index in [0.29, 0.717) is 16.2 Å². The van der Waals surface area contributed by atoms with E-state index in [2.05, 4.69) is 10.9 Å². The SMILES string of the molecule is C=c1c2cccc3cccc(c(=O)n1OS(=O)(=O)C(F)(F)F)c32. The van der Waals surface area contributed by atoms with Crippen molar-refractivity contribution in [3.63, 3.8) is 0 Å². The minimum atomic E-state index is -5.99. The Morgan fingerprint density at radius 2 is 1.61 bits per heavy atom. The normalized spacial score (nSPS) is 12.8. The summed E-state index contributed by atoms with van der Waals surface area (Å²) in [4.78, 5) is 12.3. The number of nitrogens with zero attached hydrogens (tertiary/aromatic N) is 1. The van der Waals surface area contributed by atoms with E-state index in [4.69, 9.17) is 0 Å². The molecule has 2 aromatic carbocycles. The van der Waals surface area contributed by atoms with Crippen molar-refractivity contribution >= 4 is 38.2 Å². The highest BCUT2D eigenvalue weighted by molar-refractivity contribution is 7.87. The Morgan fingerprint density at radius 3 is 2.17 bits per heavy atom. The number of alkyl halides is 3. The second-order valence-electron chi connectivity index (χ2n) is 4.73. The Kier molecular flexibility index (Phi) is 3.15. The minimum Gasteiger partial charge on any atom is -0.277 e. The van der Waals surface area contributed by atoms with Gasteiger partial charge in [0.15, 0.2) is 0 Å². The molecule has 3 aromatic rings. The lowest BCUT2D eigenvalue weighted by Gasteiger charge is -2.13. The number of hydrogen-bond donors (Lipinski definition) is 0. The molecule has 3 rings (SSSR count). The standard InChI is InChI=1S/C14H8F3NO4S/c1-8-10-6-2-4-9-5-3-7-11(12(9)10)13(19)18(8)22-23(20,21)14(15,16)17/h2-7H,1H2. The lowest BCUT2D eigenvalue weighted by atomic mass is 10.0. The van der Waals surface area contributed by atoms with Gasteiger partial charge < -0.3 is 0 Å². The van der Waals surface area contributed by atoms with Crippen molar-refractivity contribution in [3.05, 3.63) is 52.1 Å². The van der Waals surface area contributed by atoms with Crippen LogP contribution in [-0.4, -0.2) is 18.7 Å². The summed E-state index contributed by atoms with van der Waals surface area (Å²) in [6.07, 6.45) is 0. The predicted molar refractivity (Wildman–Crippen MR) is 78.0 cm³/mol. The van der Waals surface area contributed by atoms with Gasteiger partial charge in [-0.15, -0.1) is 4.73 Å². The fourth-order valence-corrected chi connectivity index (χ4v) is 2.76. The van der Waals surface area contributed by atoms with Gasteiger partial charge >= 0.3 is 15.6 Å². The summed E-state index contributed by atoms with van der Waals surface area (Å²) in [5.41, 5.74) is -6.69. The molecular formula is C14H8F3NO4S. The zero-order valence-corrected chi connectivity index (χ0v) is 12.1. The van der Waals surface area contributed by atoms with Crippen LogP contribution < -0.4 is 15.2 Å². The first-order chi connectivity index (χ1) is 10.6. The Morgan fingerprint density at radius 1 is 1.04 bits per heavy atom. The molecule has 0 saturated carbocycles. The third-order valence-corrected chi connectivity index (χ3v) is 4.24. The largest absolute Gasteiger partial charge is 0.536 e. The highest BCUT2D eigenvalue weighted by atomic mass is 32.2. The van der Waals surface area contributed by atoms with Gasteiger partial charge in [-0.05, 0) is 11.5 Å². The van der Waals surface area contributed by atoms with Crippen LogP contribution in [0.3, 0.4) is 0 Å². The van der Waals surface area contributed by atoms with Gasteiger partial charge in [0, 0.05) is 10.8 Å². The van der Waals surface area contributed by atoms with Gasteiger partial charge in [-0.25, -0.2) is 0 Å². The quantitative estimate of drug-likeness (QED) is 0.663. The van der Waals surface area contributed by atoms with Gasteiger partial charge in [0.1, 0.15) is 0 Å². The first kappa shape index (κ1) is 15.3. The lowest BCUT2D eigenvalue weighted by molar-refractivity contribution is -0.0550. The molecule has 0 aliphatic heterocycles. The second-order valence-corrected chi connectivity index (χ2v) is 6.25. The summed E-state index contributed by atoms with van der Waals surface area (Å²) in [6.45, 7) is 3.48. The first-order valence-electron chi connectivity index (χ1n) is 6.20. The van der Waals surface area contributed by atoms with E-state index in [-0.39, 0.29) is 15.5 Å². The van der Waals surface area contributed by atoms with Crippen LogP contribution >= 0.6 is 0 Å². The molecule has 23 heavy (non-hydrogen) atoms. The number of aromatic nitrogens is 1. The van der Waals surface area contributed by atoms with E-state index < -0.39 is 21.2 Å². The molecule has 0 aliphatic carbocycles. The molecule has 0 atom stereocenters. The number of rotatable bonds is 2. The number of benzene rings is 2. The summed E-state index contributed by atoms with van der Waals surface area (Å²) >= 11 is 0. The fourth-order valence-electron chi connectivity index (χ4n) is 2.32. The van der Waals surface area contributed by atoms with Gasteiger partial charge in [-0.1, -0.05) is 36.9 Å². The average Bonchev–Trinajstić information content (AvgIpc) is 2.48. The third kappa shape index (κ3) is 2.24. The Labute approximate surface area is 127 Å². The van der Waals surface area contributed by atoms with Gasteiger partial charge in [-0.2, -0.15) is 21.6 Å². The zero-order chi connectivity index (χ0) is 17.0. The predicted octanol–water partition coefficient (Wildman–Crippen LogP) is 1.56. The van der Waals surface area contributed by atoms with Crippen molar-refractivity contribution in [1.29, 1.82) is 0 Å². The molecule has 1 heterocycles. The van der Waals surface area contributed by atoms with Crippen molar-refractivity contribution in [2.24, 2.45) is 0 Å². The van der Waals surface area contributed by atoms with Gasteiger partial charge in [-0.3, -0.25) is 9.08 Å². The third-order valence-electron chi connectivity index (χ3n) is 3.33. The van der Waals surface area contributed by atoms with E-state index in [1.165, 1.54) is 18.2 Å². The maximum absolute atomic E-state index is 12.5. The van der Waals surface area contributed by atoms with Crippen molar-refractivity contribution < 1.29 is 25.9 Å². The van der Waals surface area contributed by atoms with Crippen molar-refractivity contribution in [2.75, 3.05) is 0 Å². The fraction of sp³-hybridized carbons (Fsp3) is 0.0714. The summed E-state index contributed by atoms with van der Waals surface area (Å²) in [5.74, 6) is 0. The van der Waals surface area contributed by atoms with Crippen LogP contribution in [0.2, 0.25) is 0 Å². The Hall–Kier alpha value is -2.55. The van der Waals surface area contributed by atoms with E-state index >= 15 is 0 Å². The number of halogens is 3. The number of hydrogen-bond acceptors (Lipinski definition) is 4. The van der Waals surface area contributed by atoms with Crippen LogP contribution in [0.4, 0.5) is 13.2 Å². The molecule has 0 radical (unpaired) electrons. The molecule has 0 unspecified atom stereocenters. The minimum absolute atomic E-state index is 0.0304.